The molecule has 1 aliphatic rings. The van der Waals surface area contributed by atoms with E-state index in [9.17, 15) is 14.3 Å². The van der Waals surface area contributed by atoms with Crippen LogP contribution in [0.25, 0.3) is 0 Å². The van der Waals surface area contributed by atoms with E-state index < -0.39 is 17.3 Å². The number of piperidine rings is 1. The molecule has 5 heteroatoms. The summed E-state index contributed by atoms with van der Waals surface area (Å²) in [7, 11) is 0. The van der Waals surface area contributed by atoms with Crippen LogP contribution < -0.4 is 5.73 Å². The summed E-state index contributed by atoms with van der Waals surface area (Å²) in [4.78, 5) is 13.0. The Balaban J connectivity index is 2.09. The molecule has 0 spiro atoms. The number of halogens is 1. The van der Waals surface area contributed by atoms with Gasteiger partial charge < -0.3 is 10.8 Å². The number of hydrogen-bond donors (Lipinski definition) is 2. The van der Waals surface area contributed by atoms with Gasteiger partial charge in [-0.05, 0) is 38.4 Å². The predicted molar refractivity (Wildman–Crippen MR) is 70.1 cm³/mol. The number of carbonyl (C=O) groups is 1. The molecule has 0 bridgehead atoms. The highest BCUT2D eigenvalue weighted by Crippen LogP contribution is 2.22. The van der Waals surface area contributed by atoms with Crippen molar-refractivity contribution in [2.45, 2.75) is 31.9 Å². The first-order valence-electron chi connectivity index (χ1n) is 6.40. The molecule has 1 aliphatic heterocycles. The van der Waals surface area contributed by atoms with E-state index in [4.69, 9.17) is 5.73 Å². The smallest absolute Gasteiger partial charge is 0.248 e. The van der Waals surface area contributed by atoms with E-state index in [-0.39, 0.29) is 5.56 Å². The van der Waals surface area contributed by atoms with E-state index in [0.29, 0.717) is 18.7 Å². The lowest BCUT2D eigenvalue weighted by Crippen LogP contribution is -2.45. The molecule has 0 aromatic heterocycles. The molecule has 3 N–H and O–H groups in total. The van der Waals surface area contributed by atoms with Crippen molar-refractivity contribution in [3.05, 3.63) is 35.1 Å². The van der Waals surface area contributed by atoms with Crippen LogP contribution >= 0.6 is 0 Å². The first kappa shape index (κ1) is 14.0. The number of nitrogens with two attached hydrogens (primary N) is 1. The fraction of sp³-hybridized carbons (Fsp3) is 0.500. The zero-order valence-corrected chi connectivity index (χ0v) is 11.0. The fourth-order valence-corrected chi connectivity index (χ4v) is 2.53. The lowest BCUT2D eigenvalue weighted by molar-refractivity contribution is -0.0184. The van der Waals surface area contributed by atoms with Gasteiger partial charge in [-0.1, -0.05) is 6.07 Å². The maximum Gasteiger partial charge on any atom is 0.248 e. The highest BCUT2D eigenvalue weighted by Gasteiger charge is 2.28. The van der Waals surface area contributed by atoms with Crippen LogP contribution in [0.15, 0.2) is 18.2 Å². The topological polar surface area (TPSA) is 66.6 Å². The Morgan fingerprint density at radius 3 is 2.89 bits per heavy atom. The summed E-state index contributed by atoms with van der Waals surface area (Å²) >= 11 is 0. The summed E-state index contributed by atoms with van der Waals surface area (Å²) in [5.41, 5.74) is 5.09. The summed E-state index contributed by atoms with van der Waals surface area (Å²) < 4.78 is 13.9. The van der Waals surface area contributed by atoms with Crippen LogP contribution in [0.3, 0.4) is 0 Å². The molecule has 1 saturated heterocycles. The van der Waals surface area contributed by atoms with Crippen LogP contribution in [0.5, 0.6) is 0 Å². The number of amides is 1. The lowest BCUT2D eigenvalue weighted by atomic mass is 9.95. The lowest BCUT2D eigenvalue weighted by Gasteiger charge is -2.36. The third kappa shape index (κ3) is 3.52. The average molecular weight is 266 g/mol. The Hall–Kier alpha value is -1.46. The van der Waals surface area contributed by atoms with Crippen molar-refractivity contribution in [3.63, 3.8) is 0 Å². The Morgan fingerprint density at radius 1 is 1.58 bits per heavy atom. The van der Waals surface area contributed by atoms with Crippen LogP contribution in [0.4, 0.5) is 4.39 Å². The number of primary amides is 1. The van der Waals surface area contributed by atoms with Gasteiger partial charge >= 0.3 is 0 Å². The van der Waals surface area contributed by atoms with Gasteiger partial charge in [-0.15, -0.1) is 0 Å². The highest BCUT2D eigenvalue weighted by molar-refractivity contribution is 5.92. The van der Waals surface area contributed by atoms with E-state index in [2.05, 4.69) is 0 Å². The monoisotopic (exact) mass is 266 g/mol. The van der Waals surface area contributed by atoms with Crippen molar-refractivity contribution in [2.24, 2.45) is 5.73 Å². The quantitative estimate of drug-likeness (QED) is 0.866. The molecular formula is C14H19FN2O2. The average Bonchev–Trinajstić information content (AvgIpc) is 2.30. The summed E-state index contributed by atoms with van der Waals surface area (Å²) in [6.07, 6.45) is 1.67. The minimum absolute atomic E-state index is 0.173. The van der Waals surface area contributed by atoms with Crippen LogP contribution in [-0.2, 0) is 6.54 Å². The van der Waals surface area contributed by atoms with Crippen LogP contribution in [0.1, 0.15) is 35.7 Å². The number of benzene rings is 1. The normalized spacial score (nSPS) is 24.4. The minimum atomic E-state index is -0.706. The summed E-state index contributed by atoms with van der Waals surface area (Å²) in [5.74, 6) is -1.06. The standard InChI is InChI=1S/C14H19FN2O2/c1-14(19)5-2-6-17(9-14)8-11-4-3-10(13(16)18)7-12(11)15/h3-4,7,19H,2,5-6,8-9H2,1H3,(H2,16,18). The van der Waals surface area contributed by atoms with Gasteiger partial charge in [0.05, 0.1) is 5.60 Å². The molecule has 0 radical (unpaired) electrons. The molecule has 1 unspecified atom stereocenters. The van der Waals surface area contributed by atoms with Gasteiger partial charge in [-0.25, -0.2) is 4.39 Å². The molecule has 4 nitrogen and oxygen atoms in total. The zero-order valence-electron chi connectivity index (χ0n) is 11.0. The summed E-state index contributed by atoms with van der Waals surface area (Å²) in [6.45, 7) is 3.60. The Bertz CT molecular complexity index is 488. The molecule has 104 valence electrons. The predicted octanol–water partition coefficient (Wildman–Crippen LogP) is 1.27. The van der Waals surface area contributed by atoms with E-state index in [1.807, 2.05) is 4.90 Å². The van der Waals surface area contributed by atoms with E-state index in [1.165, 1.54) is 12.1 Å². The van der Waals surface area contributed by atoms with Crippen molar-refractivity contribution < 1.29 is 14.3 Å². The van der Waals surface area contributed by atoms with Crippen LogP contribution in [0.2, 0.25) is 0 Å². The Labute approximate surface area is 112 Å². The van der Waals surface area contributed by atoms with Gasteiger partial charge in [0.2, 0.25) is 5.91 Å². The van der Waals surface area contributed by atoms with E-state index >= 15 is 0 Å². The van der Waals surface area contributed by atoms with Crippen molar-refractivity contribution >= 4 is 5.91 Å². The van der Waals surface area contributed by atoms with Crippen molar-refractivity contribution in [3.8, 4) is 0 Å². The summed E-state index contributed by atoms with van der Waals surface area (Å²) in [6, 6.07) is 4.28. The Morgan fingerprint density at radius 2 is 2.32 bits per heavy atom. The summed E-state index contributed by atoms with van der Waals surface area (Å²) in [5, 5.41) is 10.0. The van der Waals surface area contributed by atoms with Crippen molar-refractivity contribution in [2.75, 3.05) is 13.1 Å². The third-order valence-corrected chi connectivity index (χ3v) is 3.49. The van der Waals surface area contributed by atoms with Gasteiger partial charge in [0.25, 0.3) is 0 Å². The molecule has 0 saturated carbocycles. The first-order chi connectivity index (χ1) is 8.87. The van der Waals surface area contributed by atoms with Crippen LogP contribution in [-0.4, -0.2) is 34.6 Å². The maximum absolute atomic E-state index is 13.9. The molecule has 1 fully saturated rings. The van der Waals surface area contributed by atoms with Crippen molar-refractivity contribution in [1.29, 1.82) is 0 Å². The molecule has 19 heavy (non-hydrogen) atoms. The number of nitrogens with zero attached hydrogens (tertiary/aromatic N) is 1. The van der Waals surface area contributed by atoms with Gasteiger partial charge in [0.1, 0.15) is 5.82 Å². The van der Waals surface area contributed by atoms with Gasteiger partial charge in [0.15, 0.2) is 0 Å². The largest absolute Gasteiger partial charge is 0.389 e. The van der Waals surface area contributed by atoms with Crippen LogP contribution in [0, 0.1) is 5.82 Å². The van der Waals surface area contributed by atoms with Gasteiger partial charge in [-0.3, -0.25) is 9.69 Å². The fourth-order valence-electron chi connectivity index (χ4n) is 2.53. The van der Waals surface area contributed by atoms with E-state index in [1.54, 1.807) is 13.0 Å². The minimum Gasteiger partial charge on any atom is -0.389 e. The number of carbonyl (C=O) groups excluding carboxylic acids is 1. The van der Waals surface area contributed by atoms with Gasteiger partial charge in [-0.2, -0.15) is 0 Å². The molecule has 0 aliphatic carbocycles. The molecule has 1 amide bonds. The first-order valence-corrected chi connectivity index (χ1v) is 6.40. The number of aliphatic hydroxyl groups is 1. The molecular weight excluding hydrogens is 247 g/mol. The zero-order chi connectivity index (χ0) is 14.0. The molecule has 2 rings (SSSR count). The Kier molecular flexibility index (Phi) is 3.87. The second kappa shape index (κ2) is 5.27. The SMILES string of the molecule is CC1(O)CCCN(Cc2ccc(C(N)=O)cc2F)C1. The second-order valence-corrected chi connectivity index (χ2v) is 5.48. The molecule has 1 aromatic carbocycles. The maximum atomic E-state index is 13.9. The van der Waals surface area contributed by atoms with E-state index in [0.717, 1.165) is 19.4 Å². The molecule has 1 atom stereocenters. The van der Waals surface area contributed by atoms with Crippen molar-refractivity contribution in [1.82, 2.24) is 4.90 Å². The molecule has 1 aromatic rings. The number of rotatable bonds is 3. The molecule has 1 heterocycles. The number of β-amino-alcohol motifs (C(OH)–C–C–N with tert-alkyl or cyclic N) is 1. The second-order valence-electron chi connectivity index (χ2n) is 5.48. The third-order valence-electron chi connectivity index (χ3n) is 3.49. The number of hydrogen-bond acceptors (Lipinski definition) is 3. The highest BCUT2D eigenvalue weighted by atomic mass is 19.1. The van der Waals surface area contributed by atoms with Gasteiger partial charge in [0, 0.05) is 24.2 Å². The number of likely N-dealkylation sites (tertiary alicyclic amines) is 1.